The van der Waals surface area contributed by atoms with Gasteiger partial charge in [0.15, 0.2) is 5.17 Å². The number of thioether (sulfide) groups is 1. The van der Waals surface area contributed by atoms with Gasteiger partial charge in [0.05, 0.1) is 19.1 Å². The molecule has 1 fully saturated rings. The first-order valence-corrected chi connectivity index (χ1v) is 10.8. The van der Waals surface area contributed by atoms with Gasteiger partial charge in [0.2, 0.25) is 0 Å². The average Bonchev–Trinajstić information content (AvgIpc) is 3.14. The molecule has 0 aromatic heterocycles. The summed E-state index contributed by atoms with van der Waals surface area (Å²) < 4.78 is 10.7. The van der Waals surface area contributed by atoms with Crippen LogP contribution < -0.4 is 14.4 Å². The van der Waals surface area contributed by atoms with E-state index in [9.17, 15) is 4.79 Å². The highest BCUT2D eigenvalue weighted by atomic mass is 35.5. The zero-order chi connectivity index (χ0) is 21.1. The molecule has 156 valence electrons. The molecular weight excluding hydrogens is 422 g/mol. The minimum absolute atomic E-state index is 0.217. The number of methoxy groups -OCH3 is 2. The van der Waals surface area contributed by atoms with Crippen LogP contribution in [0.15, 0.2) is 52.4 Å². The summed E-state index contributed by atoms with van der Waals surface area (Å²) in [5, 5.41) is 1.49. The van der Waals surface area contributed by atoms with E-state index in [0.29, 0.717) is 16.4 Å². The summed E-state index contributed by atoms with van der Waals surface area (Å²) in [4.78, 5) is 21.8. The number of carbonyl (C=O) groups excluding carboxylic acids is 1. The monoisotopic (exact) mass is 443 g/mol. The molecule has 0 bridgehead atoms. The van der Waals surface area contributed by atoms with Crippen LogP contribution >= 0.6 is 23.4 Å². The summed E-state index contributed by atoms with van der Waals surface area (Å²) in [6.45, 7) is 3.29. The molecule has 8 heteroatoms. The molecule has 0 atom stereocenters. The van der Waals surface area contributed by atoms with E-state index in [2.05, 4.69) is 20.9 Å². The van der Waals surface area contributed by atoms with Gasteiger partial charge in [0, 0.05) is 48.5 Å². The number of carbonyl (C=O) groups is 1. The largest absolute Gasteiger partial charge is 0.497 e. The lowest BCUT2D eigenvalue weighted by molar-refractivity contribution is -0.113. The second kappa shape index (κ2) is 9.02. The molecule has 2 heterocycles. The topological polar surface area (TPSA) is 54.4 Å². The van der Waals surface area contributed by atoms with Crippen molar-refractivity contribution in [2.45, 2.75) is 0 Å². The summed E-state index contributed by atoms with van der Waals surface area (Å²) in [6, 6.07) is 13.4. The Kier molecular flexibility index (Phi) is 6.20. The Morgan fingerprint density at radius 1 is 1.03 bits per heavy atom. The lowest BCUT2D eigenvalue weighted by Gasteiger charge is -2.36. The molecule has 30 heavy (non-hydrogen) atoms. The molecule has 1 amide bonds. The Labute approximate surface area is 185 Å². The fourth-order valence-corrected chi connectivity index (χ4v) is 4.58. The van der Waals surface area contributed by atoms with Gasteiger partial charge in [-0.3, -0.25) is 4.79 Å². The van der Waals surface area contributed by atoms with Crippen molar-refractivity contribution in [1.29, 1.82) is 0 Å². The molecule has 0 unspecified atom stereocenters. The summed E-state index contributed by atoms with van der Waals surface area (Å²) in [6.07, 6.45) is 1.82. The van der Waals surface area contributed by atoms with Crippen LogP contribution in [0.2, 0.25) is 5.02 Å². The van der Waals surface area contributed by atoms with Crippen molar-refractivity contribution in [2.75, 3.05) is 45.3 Å². The number of rotatable bonds is 4. The van der Waals surface area contributed by atoms with Gasteiger partial charge in [-0.25, -0.2) is 0 Å². The van der Waals surface area contributed by atoms with Crippen LogP contribution in [0.5, 0.6) is 11.5 Å². The number of aliphatic imine (C=N–C) groups is 1. The lowest BCUT2D eigenvalue weighted by atomic mass is 10.1. The van der Waals surface area contributed by atoms with E-state index in [1.807, 2.05) is 36.4 Å². The van der Waals surface area contributed by atoms with Crippen molar-refractivity contribution in [3.05, 3.63) is 58.0 Å². The van der Waals surface area contributed by atoms with Crippen LogP contribution in [-0.4, -0.2) is 56.4 Å². The molecule has 2 aromatic rings. The lowest BCUT2D eigenvalue weighted by Crippen LogP contribution is -2.47. The van der Waals surface area contributed by atoms with Gasteiger partial charge in [0.25, 0.3) is 5.91 Å². The van der Waals surface area contributed by atoms with Crippen molar-refractivity contribution in [2.24, 2.45) is 4.99 Å². The maximum absolute atomic E-state index is 12.5. The van der Waals surface area contributed by atoms with E-state index in [-0.39, 0.29) is 5.91 Å². The number of amidine groups is 1. The van der Waals surface area contributed by atoms with E-state index < -0.39 is 0 Å². The molecule has 0 aliphatic carbocycles. The second-order valence-electron chi connectivity index (χ2n) is 6.87. The molecule has 0 saturated carbocycles. The summed E-state index contributed by atoms with van der Waals surface area (Å²) in [5.74, 6) is 1.14. The van der Waals surface area contributed by atoms with Crippen LogP contribution in [0.3, 0.4) is 0 Å². The highest BCUT2D eigenvalue weighted by molar-refractivity contribution is 8.18. The third kappa shape index (κ3) is 4.42. The van der Waals surface area contributed by atoms with Crippen LogP contribution in [0.25, 0.3) is 6.08 Å². The maximum atomic E-state index is 12.5. The Morgan fingerprint density at radius 3 is 2.50 bits per heavy atom. The van der Waals surface area contributed by atoms with Gasteiger partial charge in [0.1, 0.15) is 11.5 Å². The standard InChI is InChI=1S/C22H22ClN3O3S/c1-28-18-7-6-15(19(14-18)29-2)12-20-21(27)24-22(30-20)26-10-8-25(9-11-26)17-5-3-4-16(23)13-17/h3-7,12-14H,8-11H2,1-2H3. The first kappa shape index (κ1) is 20.6. The van der Waals surface area contributed by atoms with Gasteiger partial charge in [-0.1, -0.05) is 17.7 Å². The second-order valence-corrected chi connectivity index (χ2v) is 8.32. The number of amides is 1. The number of halogens is 1. The molecule has 2 aliphatic heterocycles. The van der Waals surface area contributed by atoms with Crippen LogP contribution in [0, 0.1) is 0 Å². The fraction of sp³-hybridized carbons (Fsp3) is 0.273. The van der Waals surface area contributed by atoms with Crippen LogP contribution in [0.4, 0.5) is 5.69 Å². The van der Waals surface area contributed by atoms with Crippen molar-refractivity contribution < 1.29 is 14.3 Å². The normalized spacial score (nSPS) is 18.0. The molecule has 1 saturated heterocycles. The number of anilines is 1. The quantitative estimate of drug-likeness (QED) is 0.662. The summed E-state index contributed by atoms with van der Waals surface area (Å²) in [5.41, 5.74) is 1.93. The fourth-order valence-electron chi connectivity index (χ4n) is 3.44. The van der Waals surface area contributed by atoms with Gasteiger partial charge < -0.3 is 19.3 Å². The van der Waals surface area contributed by atoms with E-state index in [1.54, 1.807) is 20.3 Å². The van der Waals surface area contributed by atoms with Crippen molar-refractivity contribution in [3.8, 4) is 11.5 Å². The van der Waals surface area contributed by atoms with E-state index in [4.69, 9.17) is 21.1 Å². The van der Waals surface area contributed by atoms with Gasteiger partial charge in [-0.05, 0) is 48.2 Å². The number of hydrogen-bond acceptors (Lipinski definition) is 6. The minimum Gasteiger partial charge on any atom is -0.497 e. The minimum atomic E-state index is -0.217. The molecule has 2 aliphatic rings. The number of nitrogens with zero attached hydrogens (tertiary/aromatic N) is 3. The van der Waals surface area contributed by atoms with Gasteiger partial charge in [-0.15, -0.1) is 0 Å². The third-order valence-electron chi connectivity index (χ3n) is 5.06. The number of ether oxygens (including phenoxy) is 2. The smallest absolute Gasteiger partial charge is 0.286 e. The van der Waals surface area contributed by atoms with Crippen LogP contribution in [-0.2, 0) is 4.79 Å². The molecular formula is C22H22ClN3O3S. The summed E-state index contributed by atoms with van der Waals surface area (Å²) in [7, 11) is 3.21. The SMILES string of the molecule is COc1ccc(C=C2SC(N3CCN(c4cccc(Cl)c4)CC3)=NC2=O)c(OC)c1. The Bertz CT molecular complexity index is 1020. The molecule has 6 nitrogen and oxygen atoms in total. The summed E-state index contributed by atoms with van der Waals surface area (Å²) >= 11 is 7.52. The zero-order valence-corrected chi connectivity index (χ0v) is 18.4. The van der Waals surface area contributed by atoms with Crippen molar-refractivity contribution in [1.82, 2.24) is 4.90 Å². The Morgan fingerprint density at radius 2 is 1.80 bits per heavy atom. The molecule has 0 N–H and O–H groups in total. The Hall–Kier alpha value is -2.64. The molecule has 2 aromatic carbocycles. The van der Waals surface area contributed by atoms with E-state index in [0.717, 1.165) is 47.6 Å². The highest BCUT2D eigenvalue weighted by Crippen LogP contribution is 2.34. The van der Waals surface area contributed by atoms with Crippen molar-refractivity contribution in [3.63, 3.8) is 0 Å². The Balaban J connectivity index is 1.43. The predicted octanol–water partition coefficient (Wildman–Crippen LogP) is 4.15. The van der Waals surface area contributed by atoms with E-state index >= 15 is 0 Å². The predicted molar refractivity (Wildman–Crippen MR) is 123 cm³/mol. The number of hydrogen-bond donors (Lipinski definition) is 0. The van der Waals surface area contributed by atoms with Crippen molar-refractivity contribution >= 4 is 46.2 Å². The maximum Gasteiger partial charge on any atom is 0.286 e. The van der Waals surface area contributed by atoms with E-state index in [1.165, 1.54) is 11.8 Å². The average molecular weight is 444 g/mol. The zero-order valence-electron chi connectivity index (χ0n) is 16.8. The third-order valence-corrected chi connectivity index (χ3v) is 6.34. The molecule has 4 rings (SSSR count). The number of benzene rings is 2. The first-order valence-electron chi connectivity index (χ1n) is 9.57. The molecule has 0 radical (unpaired) electrons. The van der Waals surface area contributed by atoms with Gasteiger partial charge >= 0.3 is 0 Å². The molecule has 0 spiro atoms. The first-order chi connectivity index (χ1) is 14.6. The highest BCUT2D eigenvalue weighted by Gasteiger charge is 2.28. The van der Waals surface area contributed by atoms with Crippen LogP contribution in [0.1, 0.15) is 5.56 Å². The van der Waals surface area contributed by atoms with Gasteiger partial charge in [-0.2, -0.15) is 4.99 Å². The number of piperazine rings is 1.